The zero-order valence-electron chi connectivity index (χ0n) is 9.57. The minimum absolute atomic E-state index is 0. The fraction of sp³-hybridized carbons (Fsp3) is 0.385. The third-order valence-electron chi connectivity index (χ3n) is 1.76. The second-order valence-corrected chi connectivity index (χ2v) is 2.90. The molecule has 1 aromatic carbocycles. The van der Waals surface area contributed by atoms with E-state index in [2.05, 4.69) is 6.58 Å². The minimum atomic E-state index is 0. The van der Waals surface area contributed by atoms with Gasteiger partial charge in [0.2, 0.25) is 0 Å². The van der Waals surface area contributed by atoms with Gasteiger partial charge in [0, 0.05) is 13.2 Å². The number of hydrogen-bond acceptors (Lipinski definition) is 2. The second-order valence-electron chi connectivity index (χ2n) is 2.90. The topological polar surface area (TPSA) is 29.5 Å². The van der Waals surface area contributed by atoms with Crippen LogP contribution >= 0.6 is 0 Å². The summed E-state index contributed by atoms with van der Waals surface area (Å²) in [6, 6.07) is 7.27. The third kappa shape index (κ3) is 8.98. The van der Waals surface area contributed by atoms with Crippen molar-refractivity contribution in [3.63, 3.8) is 0 Å². The van der Waals surface area contributed by atoms with E-state index in [1.807, 2.05) is 32.0 Å². The first-order valence-electron chi connectivity index (χ1n) is 5.21. The van der Waals surface area contributed by atoms with Crippen LogP contribution in [0.3, 0.4) is 0 Å². The van der Waals surface area contributed by atoms with Gasteiger partial charge in [-0.3, -0.25) is 0 Å². The monoisotopic (exact) mass is 232 g/mol. The Kier molecular flexibility index (Phi) is 14.5. The van der Waals surface area contributed by atoms with Crippen molar-refractivity contribution < 1.29 is 9.84 Å². The fourth-order valence-corrected chi connectivity index (χ4v) is 1.04. The van der Waals surface area contributed by atoms with E-state index in [0.717, 1.165) is 25.2 Å². The van der Waals surface area contributed by atoms with Crippen molar-refractivity contribution in [3.8, 4) is 5.75 Å². The average molecular weight is 232 g/mol. The molecule has 1 rings (SSSR count). The van der Waals surface area contributed by atoms with Crippen molar-refractivity contribution in [3.05, 3.63) is 42.5 Å². The first-order valence-corrected chi connectivity index (χ1v) is 5.21. The summed E-state index contributed by atoms with van der Waals surface area (Å²) < 4.78 is 4.83. The Morgan fingerprint density at radius 3 is 2.19 bits per heavy atom. The molecule has 0 aliphatic rings. The number of benzene rings is 1. The van der Waals surface area contributed by atoms with Crippen LogP contribution in [0.25, 0.3) is 0 Å². The zero-order valence-corrected chi connectivity index (χ0v) is 9.57. The SMILES string of the molecule is C=CCc1ccccc1O.CCOCC.[NaH]. The summed E-state index contributed by atoms with van der Waals surface area (Å²) in [6.07, 6.45) is 2.50. The summed E-state index contributed by atoms with van der Waals surface area (Å²) in [4.78, 5) is 0. The molecule has 0 aliphatic heterocycles. The van der Waals surface area contributed by atoms with Gasteiger partial charge in [-0.1, -0.05) is 24.3 Å². The molecule has 3 heteroatoms. The normalized spacial score (nSPS) is 8.38. The van der Waals surface area contributed by atoms with Gasteiger partial charge in [0.25, 0.3) is 0 Å². The molecule has 0 saturated carbocycles. The van der Waals surface area contributed by atoms with Crippen LogP contribution in [0, 0.1) is 0 Å². The first-order chi connectivity index (χ1) is 7.26. The molecule has 0 heterocycles. The molecule has 0 aromatic heterocycles. The molecule has 0 amide bonds. The standard InChI is InChI=1S/C9H10O.C4H10O.Na.H/c1-2-5-8-6-3-4-7-9(8)10;1-3-5-4-2;;/h2-4,6-7,10H,1,5H2;3-4H2,1-2H3;;. The summed E-state index contributed by atoms with van der Waals surface area (Å²) in [6.45, 7) is 9.25. The number of phenols is 1. The van der Waals surface area contributed by atoms with Crippen molar-refractivity contribution in [1.29, 1.82) is 0 Å². The molecule has 86 valence electrons. The molecule has 0 fully saturated rings. The quantitative estimate of drug-likeness (QED) is 0.638. The van der Waals surface area contributed by atoms with Crippen LogP contribution in [0.5, 0.6) is 5.75 Å². The van der Waals surface area contributed by atoms with Gasteiger partial charge in [0.15, 0.2) is 0 Å². The van der Waals surface area contributed by atoms with Crippen LogP contribution in [-0.2, 0) is 11.2 Å². The van der Waals surface area contributed by atoms with Gasteiger partial charge in [0.1, 0.15) is 5.75 Å². The number of rotatable bonds is 4. The van der Waals surface area contributed by atoms with Crippen LogP contribution < -0.4 is 0 Å². The number of ether oxygens (including phenoxy) is 1. The summed E-state index contributed by atoms with van der Waals surface area (Å²) in [7, 11) is 0. The van der Waals surface area contributed by atoms with Crippen molar-refractivity contribution in [1.82, 2.24) is 0 Å². The number of allylic oxidation sites excluding steroid dienone is 1. The van der Waals surface area contributed by atoms with Crippen LogP contribution in [0.4, 0.5) is 0 Å². The van der Waals surface area contributed by atoms with Gasteiger partial charge in [-0.25, -0.2) is 0 Å². The Bertz CT molecular complexity index is 272. The molecule has 0 aliphatic carbocycles. The zero-order chi connectivity index (χ0) is 11.5. The van der Waals surface area contributed by atoms with E-state index in [9.17, 15) is 5.11 Å². The van der Waals surface area contributed by atoms with Crippen LogP contribution in [0.2, 0.25) is 0 Å². The molecule has 0 saturated heterocycles. The van der Waals surface area contributed by atoms with Crippen molar-refractivity contribution >= 4 is 29.6 Å². The van der Waals surface area contributed by atoms with Crippen molar-refractivity contribution in [2.24, 2.45) is 0 Å². The van der Waals surface area contributed by atoms with Crippen molar-refractivity contribution in [2.45, 2.75) is 20.3 Å². The average Bonchev–Trinajstić information content (AvgIpc) is 2.24. The summed E-state index contributed by atoms with van der Waals surface area (Å²) in [5, 5.41) is 9.19. The Morgan fingerprint density at radius 1 is 1.25 bits per heavy atom. The maximum atomic E-state index is 9.19. The second kappa shape index (κ2) is 12.8. The summed E-state index contributed by atoms with van der Waals surface area (Å²) >= 11 is 0. The third-order valence-corrected chi connectivity index (χ3v) is 1.76. The molecular weight excluding hydrogens is 211 g/mol. The Morgan fingerprint density at radius 2 is 1.81 bits per heavy atom. The molecule has 0 unspecified atom stereocenters. The van der Waals surface area contributed by atoms with E-state index in [0.29, 0.717) is 5.75 Å². The first kappa shape index (κ1) is 18.1. The molecular formula is C13H21NaO2. The molecule has 0 radical (unpaired) electrons. The van der Waals surface area contributed by atoms with Gasteiger partial charge in [-0.15, -0.1) is 6.58 Å². The Labute approximate surface area is 121 Å². The van der Waals surface area contributed by atoms with E-state index in [-0.39, 0.29) is 29.6 Å². The van der Waals surface area contributed by atoms with Gasteiger partial charge in [0.05, 0.1) is 0 Å². The predicted molar refractivity (Wildman–Crippen MR) is 71.3 cm³/mol. The molecule has 16 heavy (non-hydrogen) atoms. The molecule has 1 N–H and O–H groups in total. The van der Waals surface area contributed by atoms with Gasteiger partial charge < -0.3 is 9.84 Å². The van der Waals surface area contributed by atoms with E-state index in [1.165, 1.54) is 0 Å². The van der Waals surface area contributed by atoms with Gasteiger partial charge in [-0.05, 0) is 31.9 Å². The maximum absolute atomic E-state index is 9.19. The number of hydrogen-bond donors (Lipinski definition) is 1. The van der Waals surface area contributed by atoms with Gasteiger partial charge in [-0.2, -0.15) is 0 Å². The predicted octanol–water partition coefficient (Wildman–Crippen LogP) is 2.52. The molecule has 2 nitrogen and oxygen atoms in total. The van der Waals surface area contributed by atoms with E-state index < -0.39 is 0 Å². The molecule has 1 aromatic rings. The van der Waals surface area contributed by atoms with E-state index in [4.69, 9.17) is 4.74 Å². The van der Waals surface area contributed by atoms with Crippen LogP contribution in [-0.4, -0.2) is 47.9 Å². The number of aromatic hydroxyl groups is 1. The number of para-hydroxylation sites is 1. The Balaban J connectivity index is 0. The van der Waals surface area contributed by atoms with Crippen LogP contribution in [0.15, 0.2) is 36.9 Å². The van der Waals surface area contributed by atoms with E-state index >= 15 is 0 Å². The van der Waals surface area contributed by atoms with Gasteiger partial charge >= 0.3 is 29.6 Å². The fourth-order valence-electron chi connectivity index (χ4n) is 1.04. The molecule has 0 bridgehead atoms. The van der Waals surface area contributed by atoms with Crippen LogP contribution in [0.1, 0.15) is 19.4 Å². The Hall–Kier alpha value is -0.280. The van der Waals surface area contributed by atoms with Crippen molar-refractivity contribution in [2.75, 3.05) is 13.2 Å². The molecule has 0 spiro atoms. The molecule has 0 atom stereocenters. The van der Waals surface area contributed by atoms with E-state index in [1.54, 1.807) is 12.1 Å². The number of phenolic OH excluding ortho intramolecular Hbond substituents is 1. The summed E-state index contributed by atoms with van der Waals surface area (Å²) in [5.41, 5.74) is 0.928. The summed E-state index contributed by atoms with van der Waals surface area (Å²) in [5.74, 6) is 0.349.